The molecule has 1 heterocycles. The van der Waals surface area contributed by atoms with Crippen molar-refractivity contribution >= 4 is 39.1 Å². The molecule has 2 rings (SSSR count). The summed E-state index contributed by atoms with van der Waals surface area (Å²) in [5.74, 6) is -1.20. The minimum Gasteiger partial charge on any atom is -0.481 e. The molecule has 2 N–H and O–H groups in total. The maximum absolute atomic E-state index is 11.9. The van der Waals surface area contributed by atoms with Gasteiger partial charge in [0, 0.05) is 10.5 Å². The van der Waals surface area contributed by atoms with Crippen molar-refractivity contribution < 1.29 is 14.7 Å². The van der Waals surface area contributed by atoms with Crippen LogP contribution in [0.4, 0.5) is 0 Å². The summed E-state index contributed by atoms with van der Waals surface area (Å²) >= 11 is 4.68. The number of aliphatic carboxylic acids is 1. The molecule has 1 amide bonds. The highest BCUT2D eigenvalue weighted by atomic mass is 79.9. The maximum atomic E-state index is 11.9. The number of hydrogen-bond acceptors (Lipinski definition) is 3. The molecule has 1 aliphatic rings. The van der Waals surface area contributed by atoms with E-state index in [0.717, 1.165) is 10.9 Å². The van der Waals surface area contributed by atoms with Gasteiger partial charge in [-0.3, -0.25) is 9.59 Å². The number of amides is 1. The summed E-state index contributed by atoms with van der Waals surface area (Å²) in [5.41, 5.74) is 0. The van der Waals surface area contributed by atoms with Crippen molar-refractivity contribution in [3.63, 3.8) is 0 Å². The van der Waals surface area contributed by atoms with Crippen LogP contribution in [0.15, 0.2) is 15.9 Å². The summed E-state index contributed by atoms with van der Waals surface area (Å²) in [6, 6.07) is 1.81. The Morgan fingerprint density at radius 1 is 1.47 bits per heavy atom. The van der Waals surface area contributed by atoms with Crippen molar-refractivity contribution in [2.75, 3.05) is 0 Å². The van der Waals surface area contributed by atoms with Gasteiger partial charge in [0.05, 0.1) is 5.92 Å². The van der Waals surface area contributed by atoms with Gasteiger partial charge in [-0.15, -0.1) is 11.3 Å². The van der Waals surface area contributed by atoms with E-state index in [-0.39, 0.29) is 17.9 Å². The summed E-state index contributed by atoms with van der Waals surface area (Å²) in [7, 11) is 0. The van der Waals surface area contributed by atoms with Crippen molar-refractivity contribution in [1.29, 1.82) is 0 Å². The van der Waals surface area contributed by atoms with Crippen molar-refractivity contribution in [2.24, 2.45) is 5.92 Å². The molecule has 1 aromatic heterocycles. The Bertz CT molecular complexity index is 446. The fourth-order valence-electron chi connectivity index (χ4n) is 2.04. The van der Waals surface area contributed by atoms with Gasteiger partial charge in [-0.05, 0) is 46.6 Å². The Balaban J connectivity index is 1.93. The molecule has 6 heteroatoms. The first-order chi connectivity index (χ1) is 8.08. The van der Waals surface area contributed by atoms with Gasteiger partial charge in [-0.25, -0.2) is 0 Å². The zero-order valence-electron chi connectivity index (χ0n) is 8.98. The summed E-state index contributed by atoms with van der Waals surface area (Å²) < 4.78 is 0.785. The number of carboxylic acids is 1. The molecule has 2 unspecified atom stereocenters. The molecule has 2 atom stereocenters. The molecule has 17 heavy (non-hydrogen) atoms. The molecular formula is C11H12BrNO3S. The van der Waals surface area contributed by atoms with Crippen LogP contribution in [0.2, 0.25) is 0 Å². The third-order valence-corrected chi connectivity index (χ3v) is 4.78. The van der Waals surface area contributed by atoms with Crippen molar-refractivity contribution in [1.82, 2.24) is 5.32 Å². The molecular weight excluding hydrogens is 306 g/mol. The number of thiophene rings is 1. The van der Waals surface area contributed by atoms with Crippen LogP contribution in [0.5, 0.6) is 0 Å². The predicted octanol–water partition coefficient (Wildman–Crippen LogP) is 2.49. The highest BCUT2D eigenvalue weighted by Crippen LogP contribution is 2.27. The average Bonchev–Trinajstić information content (AvgIpc) is 2.86. The average molecular weight is 318 g/mol. The van der Waals surface area contributed by atoms with Gasteiger partial charge in [0.2, 0.25) is 0 Å². The van der Waals surface area contributed by atoms with E-state index in [0.29, 0.717) is 17.7 Å². The molecule has 0 bridgehead atoms. The van der Waals surface area contributed by atoms with Gasteiger partial charge in [0.1, 0.15) is 4.88 Å². The molecule has 0 aliphatic heterocycles. The Labute approximate surface area is 111 Å². The van der Waals surface area contributed by atoms with Crippen molar-refractivity contribution in [2.45, 2.75) is 25.3 Å². The van der Waals surface area contributed by atoms with E-state index in [1.165, 1.54) is 11.3 Å². The number of nitrogens with one attached hydrogen (secondary N) is 1. The van der Waals surface area contributed by atoms with Gasteiger partial charge >= 0.3 is 5.97 Å². The highest BCUT2D eigenvalue weighted by Gasteiger charge is 2.31. The standard InChI is InChI=1S/C11H12BrNO3S/c12-8-3-4-17-9(8)10(14)13-7-2-1-6(5-7)11(15)16/h3-4,6-7H,1-2,5H2,(H,13,14)(H,15,16). The lowest BCUT2D eigenvalue weighted by Gasteiger charge is -2.11. The van der Waals surface area contributed by atoms with E-state index in [1.807, 2.05) is 11.4 Å². The normalized spacial score (nSPS) is 23.6. The van der Waals surface area contributed by atoms with Gasteiger partial charge in [0.15, 0.2) is 0 Å². The number of carbonyl (C=O) groups excluding carboxylic acids is 1. The quantitative estimate of drug-likeness (QED) is 0.900. The zero-order valence-corrected chi connectivity index (χ0v) is 11.4. The number of halogens is 1. The molecule has 0 aromatic carbocycles. The van der Waals surface area contributed by atoms with E-state index in [9.17, 15) is 9.59 Å². The first-order valence-corrected chi connectivity index (χ1v) is 7.02. The second-order valence-electron chi connectivity index (χ2n) is 4.12. The predicted molar refractivity (Wildman–Crippen MR) is 68.3 cm³/mol. The van der Waals surface area contributed by atoms with E-state index >= 15 is 0 Å². The smallest absolute Gasteiger partial charge is 0.306 e. The third-order valence-electron chi connectivity index (χ3n) is 2.94. The number of rotatable bonds is 3. The number of carbonyl (C=O) groups is 2. The number of carboxylic acid groups (broad SMARTS) is 1. The zero-order chi connectivity index (χ0) is 12.4. The topological polar surface area (TPSA) is 66.4 Å². The highest BCUT2D eigenvalue weighted by molar-refractivity contribution is 9.10. The summed E-state index contributed by atoms with van der Waals surface area (Å²) in [5, 5.41) is 13.6. The minimum absolute atomic E-state index is 0.0161. The second-order valence-corrected chi connectivity index (χ2v) is 5.89. The molecule has 92 valence electrons. The first kappa shape index (κ1) is 12.6. The Morgan fingerprint density at radius 3 is 2.76 bits per heavy atom. The largest absolute Gasteiger partial charge is 0.481 e. The summed E-state index contributed by atoms with van der Waals surface area (Å²) in [6.45, 7) is 0. The lowest BCUT2D eigenvalue weighted by molar-refractivity contribution is -0.141. The summed E-state index contributed by atoms with van der Waals surface area (Å²) in [4.78, 5) is 23.3. The molecule has 0 spiro atoms. The van der Waals surface area contributed by atoms with Crippen LogP contribution < -0.4 is 5.32 Å². The molecule has 1 saturated carbocycles. The van der Waals surface area contributed by atoms with Crippen molar-refractivity contribution in [3.8, 4) is 0 Å². The van der Waals surface area contributed by atoms with E-state index in [1.54, 1.807) is 0 Å². The Hall–Kier alpha value is -0.880. The Kier molecular flexibility index (Phi) is 3.83. The summed E-state index contributed by atoms with van der Waals surface area (Å²) in [6.07, 6.45) is 1.92. The molecule has 1 fully saturated rings. The Morgan fingerprint density at radius 2 is 2.24 bits per heavy atom. The van der Waals surface area contributed by atoms with Crippen LogP contribution in [0.3, 0.4) is 0 Å². The van der Waals surface area contributed by atoms with Gasteiger partial charge < -0.3 is 10.4 Å². The lowest BCUT2D eigenvalue weighted by atomic mass is 10.1. The molecule has 1 aliphatic carbocycles. The molecule has 0 saturated heterocycles. The maximum Gasteiger partial charge on any atom is 0.306 e. The monoisotopic (exact) mass is 317 g/mol. The minimum atomic E-state index is -0.765. The van der Waals surface area contributed by atoms with Gasteiger partial charge in [-0.1, -0.05) is 0 Å². The van der Waals surface area contributed by atoms with Gasteiger partial charge in [0.25, 0.3) is 5.91 Å². The van der Waals surface area contributed by atoms with E-state index in [4.69, 9.17) is 5.11 Å². The van der Waals surface area contributed by atoms with Crippen LogP contribution in [0, 0.1) is 5.92 Å². The third kappa shape index (κ3) is 2.87. The van der Waals surface area contributed by atoms with Gasteiger partial charge in [-0.2, -0.15) is 0 Å². The molecule has 0 radical (unpaired) electrons. The first-order valence-electron chi connectivity index (χ1n) is 5.34. The van der Waals surface area contributed by atoms with Crippen molar-refractivity contribution in [3.05, 3.63) is 20.8 Å². The molecule has 1 aromatic rings. The van der Waals surface area contributed by atoms with Crippen LogP contribution >= 0.6 is 27.3 Å². The fourth-order valence-corrected chi connectivity index (χ4v) is 3.50. The van der Waals surface area contributed by atoms with E-state index < -0.39 is 5.97 Å². The van der Waals surface area contributed by atoms with Crippen LogP contribution in [0.25, 0.3) is 0 Å². The van der Waals surface area contributed by atoms with Crippen LogP contribution in [-0.4, -0.2) is 23.0 Å². The van der Waals surface area contributed by atoms with Crippen LogP contribution in [0.1, 0.15) is 28.9 Å². The number of hydrogen-bond donors (Lipinski definition) is 2. The lowest BCUT2D eigenvalue weighted by Crippen LogP contribution is -2.33. The van der Waals surface area contributed by atoms with E-state index in [2.05, 4.69) is 21.2 Å². The van der Waals surface area contributed by atoms with Crippen LogP contribution in [-0.2, 0) is 4.79 Å². The second kappa shape index (κ2) is 5.18. The molecule has 4 nitrogen and oxygen atoms in total. The SMILES string of the molecule is O=C(NC1CCC(C(=O)O)C1)c1sccc1Br. The fraction of sp³-hybridized carbons (Fsp3) is 0.455.